The Kier molecular flexibility index (Phi) is 3.71. The molecule has 0 unspecified atom stereocenters. The summed E-state index contributed by atoms with van der Waals surface area (Å²) < 4.78 is 1.53. The summed E-state index contributed by atoms with van der Waals surface area (Å²) in [5, 5.41) is 2.78. The molecule has 2 aromatic heterocycles. The first kappa shape index (κ1) is 14.0. The van der Waals surface area contributed by atoms with Gasteiger partial charge in [-0.1, -0.05) is 0 Å². The van der Waals surface area contributed by atoms with E-state index in [1.807, 2.05) is 0 Å². The van der Waals surface area contributed by atoms with Crippen molar-refractivity contribution in [2.45, 2.75) is 6.54 Å². The first-order valence-corrected chi connectivity index (χ1v) is 6.83. The molecule has 112 valence electrons. The standard InChI is InChI=1S/C15H15N5O2/c16-5-8-20-13-9-10(1-2-12(13)19-15(20)22)14(21)18-11-3-6-17-7-4-11/h1-4,6-7,9H,5,8,16H2,(H,19,22)(H,17,18,21). The van der Waals surface area contributed by atoms with Crippen LogP contribution >= 0.6 is 0 Å². The van der Waals surface area contributed by atoms with Crippen molar-refractivity contribution in [1.82, 2.24) is 14.5 Å². The van der Waals surface area contributed by atoms with Crippen LogP contribution in [0.15, 0.2) is 47.5 Å². The lowest BCUT2D eigenvalue weighted by Gasteiger charge is -2.06. The number of anilines is 1. The van der Waals surface area contributed by atoms with E-state index in [2.05, 4.69) is 15.3 Å². The summed E-state index contributed by atoms with van der Waals surface area (Å²) in [7, 11) is 0. The number of imidazole rings is 1. The fourth-order valence-corrected chi connectivity index (χ4v) is 2.28. The summed E-state index contributed by atoms with van der Waals surface area (Å²) in [5.41, 5.74) is 7.76. The lowest BCUT2D eigenvalue weighted by molar-refractivity contribution is 0.102. The molecule has 0 aliphatic heterocycles. The van der Waals surface area contributed by atoms with Crippen molar-refractivity contribution in [2.75, 3.05) is 11.9 Å². The van der Waals surface area contributed by atoms with Gasteiger partial charge in [0.25, 0.3) is 5.91 Å². The monoisotopic (exact) mass is 297 g/mol. The topological polar surface area (TPSA) is 106 Å². The molecule has 0 aliphatic carbocycles. The van der Waals surface area contributed by atoms with Crippen LogP contribution in [-0.4, -0.2) is 27.0 Å². The van der Waals surface area contributed by atoms with Gasteiger partial charge in [-0.15, -0.1) is 0 Å². The molecule has 0 radical (unpaired) electrons. The molecule has 7 heteroatoms. The largest absolute Gasteiger partial charge is 0.329 e. The molecule has 4 N–H and O–H groups in total. The van der Waals surface area contributed by atoms with E-state index < -0.39 is 0 Å². The number of rotatable bonds is 4. The van der Waals surface area contributed by atoms with Gasteiger partial charge in [-0.2, -0.15) is 0 Å². The lowest BCUT2D eigenvalue weighted by Crippen LogP contribution is -2.21. The second-order valence-corrected chi connectivity index (χ2v) is 4.79. The fourth-order valence-electron chi connectivity index (χ4n) is 2.28. The number of aromatic nitrogens is 3. The zero-order chi connectivity index (χ0) is 15.5. The maximum absolute atomic E-state index is 12.3. The quantitative estimate of drug-likeness (QED) is 0.666. The molecule has 22 heavy (non-hydrogen) atoms. The lowest BCUT2D eigenvalue weighted by atomic mass is 10.2. The molecule has 3 rings (SSSR count). The van der Waals surface area contributed by atoms with Gasteiger partial charge >= 0.3 is 5.69 Å². The number of hydrogen-bond acceptors (Lipinski definition) is 4. The molecular weight excluding hydrogens is 282 g/mol. The number of H-pyrrole nitrogens is 1. The van der Waals surface area contributed by atoms with Gasteiger partial charge in [0.05, 0.1) is 11.0 Å². The summed E-state index contributed by atoms with van der Waals surface area (Å²) in [6.07, 6.45) is 3.20. The van der Waals surface area contributed by atoms with Crippen molar-refractivity contribution in [3.63, 3.8) is 0 Å². The fraction of sp³-hybridized carbons (Fsp3) is 0.133. The van der Waals surface area contributed by atoms with Crippen LogP contribution in [0.4, 0.5) is 5.69 Å². The molecule has 0 aliphatic rings. The van der Waals surface area contributed by atoms with Crippen LogP contribution < -0.4 is 16.7 Å². The molecule has 0 saturated heterocycles. The van der Waals surface area contributed by atoms with Crippen LogP contribution in [0.3, 0.4) is 0 Å². The average Bonchev–Trinajstić information content (AvgIpc) is 2.84. The minimum atomic E-state index is -0.249. The van der Waals surface area contributed by atoms with E-state index in [1.165, 1.54) is 4.57 Å². The molecule has 3 aromatic rings. The van der Waals surface area contributed by atoms with E-state index >= 15 is 0 Å². The minimum Gasteiger partial charge on any atom is -0.329 e. The zero-order valence-electron chi connectivity index (χ0n) is 11.7. The van der Waals surface area contributed by atoms with Gasteiger partial charge in [-0.05, 0) is 30.3 Å². The third kappa shape index (κ3) is 2.61. The number of fused-ring (bicyclic) bond motifs is 1. The number of nitrogens with one attached hydrogen (secondary N) is 2. The van der Waals surface area contributed by atoms with Crippen LogP contribution in [0.2, 0.25) is 0 Å². The molecule has 1 amide bonds. The SMILES string of the molecule is NCCn1c(=O)[nH]c2ccc(C(=O)Nc3ccncc3)cc21. The Bertz CT molecular complexity index is 867. The van der Waals surface area contributed by atoms with Gasteiger partial charge in [0.1, 0.15) is 0 Å². The number of nitrogens with two attached hydrogens (primary N) is 1. The third-order valence-electron chi connectivity index (χ3n) is 3.33. The number of amides is 1. The smallest absolute Gasteiger partial charge is 0.326 e. The van der Waals surface area contributed by atoms with Crippen molar-refractivity contribution in [1.29, 1.82) is 0 Å². The third-order valence-corrected chi connectivity index (χ3v) is 3.33. The highest BCUT2D eigenvalue weighted by atomic mass is 16.2. The van der Waals surface area contributed by atoms with E-state index in [1.54, 1.807) is 42.7 Å². The van der Waals surface area contributed by atoms with Crippen molar-refractivity contribution >= 4 is 22.6 Å². The Hall–Kier alpha value is -2.93. The molecule has 1 aromatic carbocycles. The van der Waals surface area contributed by atoms with Crippen LogP contribution in [0.1, 0.15) is 10.4 Å². The van der Waals surface area contributed by atoms with Crippen molar-refractivity contribution in [3.8, 4) is 0 Å². The van der Waals surface area contributed by atoms with Crippen LogP contribution in [-0.2, 0) is 6.54 Å². The molecule has 0 atom stereocenters. The molecule has 0 fully saturated rings. The molecule has 0 saturated carbocycles. The Labute approximate surface area is 125 Å². The number of pyridine rings is 1. The van der Waals surface area contributed by atoms with E-state index in [-0.39, 0.29) is 11.6 Å². The number of carbonyl (C=O) groups is 1. The van der Waals surface area contributed by atoms with Gasteiger partial charge in [-0.25, -0.2) is 4.79 Å². The van der Waals surface area contributed by atoms with Crippen molar-refractivity contribution < 1.29 is 4.79 Å². The minimum absolute atomic E-state index is 0.229. The van der Waals surface area contributed by atoms with Gasteiger partial charge in [0.15, 0.2) is 0 Å². The van der Waals surface area contributed by atoms with Crippen LogP contribution in [0.5, 0.6) is 0 Å². The van der Waals surface area contributed by atoms with E-state index in [4.69, 9.17) is 5.73 Å². The summed E-state index contributed by atoms with van der Waals surface area (Å²) >= 11 is 0. The molecular formula is C15H15N5O2. The van der Waals surface area contributed by atoms with Gasteiger partial charge in [0.2, 0.25) is 0 Å². The first-order chi connectivity index (χ1) is 10.7. The van der Waals surface area contributed by atoms with Crippen molar-refractivity contribution in [2.24, 2.45) is 5.73 Å². The normalized spacial score (nSPS) is 10.8. The van der Waals surface area contributed by atoms with Gasteiger partial charge in [-0.3, -0.25) is 14.3 Å². The Morgan fingerprint density at radius 2 is 2.05 bits per heavy atom. The van der Waals surface area contributed by atoms with E-state index in [9.17, 15) is 9.59 Å². The maximum Gasteiger partial charge on any atom is 0.326 e. The summed E-state index contributed by atoms with van der Waals surface area (Å²) in [6.45, 7) is 0.745. The molecule has 0 bridgehead atoms. The zero-order valence-corrected chi connectivity index (χ0v) is 11.7. The van der Waals surface area contributed by atoms with Gasteiger partial charge in [0, 0.05) is 36.7 Å². The number of aromatic amines is 1. The van der Waals surface area contributed by atoms with E-state index in [0.29, 0.717) is 35.4 Å². The predicted molar refractivity (Wildman–Crippen MR) is 83.8 cm³/mol. The second kappa shape index (κ2) is 5.82. The van der Waals surface area contributed by atoms with Gasteiger partial charge < -0.3 is 16.0 Å². The Morgan fingerprint density at radius 3 is 2.77 bits per heavy atom. The van der Waals surface area contributed by atoms with Crippen LogP contribution in [0.25, 0.3) is 11.0 Å². The highest BCUT2D eigenvalue weighted by Gasteiger charge is 2.11. The first-order valence-electron chi connectivity index (χ1n) is 6.83. The predicted octanol–water partition coefficient (Wildman–Crippen LogP) is 0.936. The molecule has 7 nitrogen and oxygen atoms in total. The number of carbonyl (C=O) groups excluding carboxylic acids is 1. The Morgan fingerprint density at radius 1 is 1.27 bits per heavy atom. The highest BCUT2D eigenvalue weighted by molar-refractivity contribution is 6.05. The summed E-state index contributed by atoms with van der Waals surface area (Å²) in [5.74, 6) is -0.249. The Balaban J connectivity index is 1.95. The summed E-state index contributed by atoms with van der Waals surface area (Å²) in [4.78, 5) is 30.8. The van der Waals surface area contributed by atoms with E-state index in [0.717, 1.165) is 0 Å². The molecule has 0 spiro atoms. The average molecular weight is 297 g/mol. The maximum atomic E-state index is 12.3. The van der Waals surface area contributed by atoms with Crippen molar-refractivity contribution in [3.05, 3.63) is 58.8 Å². The van der Waals surface area contributed by atoms with Crippen LogP contribution in [0, 0.1) is 0 Å². The number of nitrogens with zero attached hydrogens (tertiary/aromatic N) is 2. The number of benzene rings is 1. The molecule has 2 heterocycles. The number of hydrogen-bond donors (Lipinski definition) is 3. The summed E-state index contributed by atoms with van der Waals surface area (Å²) in [6, 6.07) is 8.47. The highest BCUT2D eigenvalue weighted by Crippen LogP contribution is 2.14. The second-order valence-electron chi connectivity index (χ2n) is 4.79.